The molecular weight excluding hydrogens is 1720 g/mol. The molecule has 0 spiro atoms. The number of phenols is 1. The zero-order chi connectivity index (χ0) is 93.5. The zero-order valence-corrected chi connectivity index (χ0v) is 73.8. The molecular formula is C75H123N31O16S4. The van der Waals surface area contributed by atoms with Gasteiger partial charge < -0.3 is 146 Å². The van der Waals surface area contributed by atoms with Crippen molar-refractivity contribution in [3.05, 3.63) is 65.7 Å². The third-order valence-corrected chi connectivity index (χ3v) is 23.7. The minimum Gasteiger partial charge on any atom is -0.508 e. The highest BCUT2D eigenvalue weighted by Gasteiger charge is 2.39. The van der Waals surface area contributed by atoms with Crippen LogP contribution in [0.1, 0.15) is 109 Å². The number of primary amides is 1. The van der Waals surface area contributed by atoms with Gasteiger partial charge in [0.05, 0.1) is 19.1 Å². The van der Waals surface area contributed by atoms with Crippen LogP contribution in [0.5, 0.6) is 5.75 Å². The van der Waals surface area contributed by atoms with Crippen LogP contribution in [0.15, 0.2) is 54.6 Å². The van der Waals surface area contributed by atoms with Gasteiger partial charge in [-0.05, 0) is 106 Å². The highest BCUT2D eigenvalue weighted by molar-refractivity contribution is 8.77. The summed E-state index contributed by atoms with van der Waals surface area (Å²) in [5.41, 5.74) is 40.3. The van der Waals surface area contributed by atoms with Crippen LogP contribution in [0.2, 0.25) is 0 Å². The third-order valence-electron chi connectivity index (χ3n) is 18.9. The molecule has 2 saturated heterocycles. The van der Waals surface area contributed by atoms with Gasteiger partial charge in [0.2, 0.25) is 88.6 Å². The second-order valence-electron chi connectivity index (χ2n) is 30.2. The van der Waals surface area contributed by atoms with Gasteiger partial charge in [0.1, 0.15) is 78.3 Å². The first-order valence-electron chi connectivity index (χ1n) is 40.6. The predicted molar refractivity (Wildman–Crippen MR) is 478 cm³/mol. The molecule has 126 heavy (non-hydrogen) atoms. The van der Waals surface area contributed by atoms with Crippen LogP contribution in [0, 0.1) is 38.9 Å². The number of fused-ring (bicyclic) bond motifs is 5. The van der Waals surface area contributed by atoms with Crippen molar-refractivity contribution in [2.24, 2.45) is 52.0 Å². The van der Waals surface area contributed by atoms with E-state index < -0.39 is 240 Å². The van der Waals surface area contributed by atoms with E-state index in [1.54, 1.807) is 58.0 Å². The fraction of sp³-hybridized carbons (Fsp3) is 0.573. The van der Waals surface area contributed by atoms with Gasteiger partial charge in [-0.1, -0.05) is 113 Å². The number of carbonyl (C=O) groups excluding carboxylic acids is 15. The molecule has 13 atom stereocenters. The molecule has 2 aromatic carbocycles. The largest absolute Gasteiger partial charge is 0.508 e. The van der Waals surface area contributed by atoms with Gasteiger partial charge in [0.15, 0.2) is 29.8 Å². The van der Waals surface area contributed by atoms with Crippen molar-refractivity contribution in [2.45, 2.75) is 190 Å². The first-order chi connectivity index (χ1) is 59.7. The Balaban J connectivity index is 1.94. The molecule has 0 unspecified atom stereocenters. The predicted octanol–water partition coefficient (Wildman–Crippen LogP) is -8.15. The maximum Gasteiger partial charge on any atom is 0.244 e. The van der Waals surface area contributed by atoms with E-state index in [9.17, 15) is 43.5 Å². The molecule has 51 heteroatoms. The monoisotopic (exact) mass is 1840 g/mol. The number of rotatable bonds is 38. The summed E-state index contributed by atoms with van der Waals surface area (Å²) in [6.07, 6.45) is -0.934. The quantitative estimate of drug-likeness (QED) is 0.0128. The molecule has 698 valence electrons. The van der Waals surface area contributed by atoms with Crippen molar-refractivity contribution in [3.8, 4) is 5.75 Å². The average Bonchev–Trinajstić information content (AvgIpc) is 0.845. The molecule has 0 aromatic heterocycles. The van der Waals surface area contributed by atoms with Crippen LogP contribution in [0.4, 0.5) is 0 Å². The van der Waals surface area contributed by atoms with Crippen molar-refractivity contribution >= 4 is 162 Å². The summed E-state index contributed by atoms with van der Waals surface area (Å²) in [5, 5.41) is 98.5. The first-order valence-corrected chi connectivity index (χ1v) is 45.6. The summed E-state index contributed by atoms with van der Waals surface area (Å²) in [4.78, 5) is 218. The summed E-state index contributed by atoms with van der Waals surface area (Å²) in [5.74, 6) is -19.5. The molecule has 2 bridgehead atoms. The maximum atomic E-state index is 15.5. The Morgan fingerprint density at radius 2 is 0.833 bits per heavy atom. The average molecular weight is 1840 g/mol. The number of carbonyl (C=O) groups is 15. The Hall–Kier alpha value is -12.0. The standard InChI is InChI=1S/C75H123N31O16S4/c1-38(2)29-48(99-60(112)44(16-9-25-89-72(80)81)95-56(109)33-93-55(108)32-94-59(111)43(76)15-8-24-88-71(78)79)64(116)103-53-36-124-123-34-51(58(77)110)102-70(122)57(39(3)4)106-69(121)54-37-126-125-35-52(104-66(118)50(101-68(53)120)31-41-20-22-42(107)23-21-41)67(119)98-46(18-11-27-91-74(84)85)62(114)96-45(17-10-26-90-73(82)83)61(113)97-47(19-12-28-92-75(86)87)63(115)100-49(65(117)105-54)30-40-13-6-5-7-14-40/h5-7,13-14,20-23,38-39,43-54,57,107H,8-12,15-19,24-37,76H2,1-4H3,(H2,77,110)(H,93,108)(H,94,111)(H,95,109)(H,96,114)(H,97,113)(H,98,119)(H,99,112)(H,100,115)(H,101,120)(H,102,122)(H,103,116)(H,104,118)(H,105,117)(H,106,121)(H4,78,79,88)(H4,80,81,89)(H4,82,83,90)(H4,84,85,91)(H4,86,87,92)/t43-,44-,45-,46-,47-,48-,49-,50-,51-,52-,53-,54-,57-/m0/s1. The molecule has 39 N–H and O–H groups in total. The van der Waals surface area contributed by atoms with Crippen molar-refractivity contribution in [2.75, 3.05) is 68.8 Å². The zero-order valence-electron chi connectivity index (χ0n) is 70.6. The number of nitrogens with two attached hydrogens (primary N) is 7. The number of phenolic OH excluding ortho intramolecular Hbond substituents is 1. The number of benzene rings is 2. The lowest BCUT2D eigenvalue weighted by atomic mass is 10.0. The van der Waals surface area contributed by atoms with Crippen molar-refractivity contribution in [1.29, 1.82) is 27.0 Å². The minimum absolute atomic E-state index is 0.00367. The highest BCUT2D eigenvalue weighted by Crippen LogP contribution is 2.26. The summed E-state index contributed by atoms with van der Waals surface area (Å²) < 4.78 is 0. The van der Waals surface area contributed by atoms with Gasteiger partial charge in [-0.2, -0.15) is 0 Å². The fourth-order valence-corrected chi connectivity index (χ4v) is 16.9. The van der Waals surface area contributed by atoms with Crippen molar-refractivity contribution < 1.29 is 77.0 Å². The topological polar surface area (TPSA) is 806 Å². The van der Waals surface area contributed by atoms with E-state index in [1.807, 2.05) is 0 Å². The number of hydrogen-bond acceptors (Lipinski definition) is 26. The lowest BCUT2D eigenvalue weighted by molar-refractivity contribution is -0.136. The van der Waals surface area contributed by atoms with Gasteiger partial charge >= 0.3 is 0 Å². The third kappa shape index (κ3) is 42.1. The Bertz CT molecular complexity index is 4070. The molecule has 2 heterocycles. The van der Waals surface area contributed by atoms with Crippen LogP contribution < -0.4 is 141 Å². The normalized spacial score (nSPS) is 21.2. The number of hydrogen-bond donors (Lipinski definition) is 32. The van der Waals surface area contributed by atoms with Crippen molar-refractivity contribution in [3.63, 3.8) is 0 Å². The van der Waals surface area contributed by atoms with Gasteiger partial charge in [0.25, 0.3) is 0 Å². The fourth-order valence-electron chi connectivity index (χ4n) is 12.2. The summed E-state index contributed by atoms with van der Waals surface area (Å²) in [6, 6.07) is -6.43. The second kappa shape index (κ2) is 56.8. The number of amides is 15. The second-order valence-corrected chi connectivity index (χ2v) is 35.3. The summed E-state index contributed by atoms with van der Waals surface area (Å²) in [6.45, 7) is 5.45. The minimum atomic E-state index is -1.76. The van der Waals surface area contributed by atoms with E-state index in [0.29, 0.717) is 17.5 Å². The Morgan fingerprint density at radius 1 is 0.421 bits per heavy atom. The smallest absolute Gasteiger partial charge is 0.244 e. The molecule has 2 aromatic rings. The lowest BCUT2D eigenvalue weighted by Crippen LogP contribution is -2.62. The number of nitrogens with one attached hydrogen (secondary N) is 24. The SMILES string of the molecule is CC(C)C[C@H](NC(=O)[C@H](CCCNC(=N)N)NC(=O)CNC(=O)CNC(=O)[C@@H](N)CCCNC(=N)N)C(=O)N[C@H]1CSSC[C@@H](C(N)=O)NC(=O)[C@H](C(C)C)NC(=O)[C@@H]2CSSC[C@H](NC(=O)[C@H](Cc3ccc(O)cc3)NC1=O)C(=O)N[C@@H](CCCNC(=N)N)C(=O)N[C@@H](CCCNC(=N)N)C(=O)N[C@@H](CCCNC(=N)N)C(=O)N[C@@H](Cc1ccccc1)C(=O)N2. The van der Waals surface area contributed by atoms with Crippen LogP contribution in [-0.4, -0.2) is 271 Å². The van der Waals surface area contributed by atoms with E-state index in [-0.39, 0.29) is 121 Å². The maximum absolute atomic E-state index is 15.5. The van der Waals surface area contributed by atoms with Crippen LogP contribution in [0.25, 0.3) is 0 Å². The van der Waals surface area contributed by atoms with Crippen LogP contribution in [0.3, 0.4) is 0 Å². The van der Waals surface area contributed by atoms with Gasteiger partial charge in [-0.15, -0.1) is 0 Å². The molecule has 4 rings (SSSR count). The Labute approximate surface area is 744 Å². The molecule has 0 radical (unpaired) electrons. The van der Waals surface area contributed by atoms with E-state index in [1.165, 1.54) is 24.3 Å². The van der Waals surface area contributed by atoms with E-state index in [4.69, 9.17) is 67.2 Å². The number of guanidine groups is 5. The van der Waals surface area contributed by atoms with Crippen molar-refractivity contribution in [1.82, 2.24) is 101 Å². The van der Waals surface area contributed by atoms with Crippen LogP contribution >= 0.6 is 43.2 Å². The van der Waals surface area contributed by atoms with Crippen LogP contribution in [-0.2, 0) is 84.8 Å². The van der Waals surface area contributed by atoms with E-state index in [0.717, 1.165) is 43.2 Å². The molecule has 2 fully saturated rings. The first kappa shape index (κ1) is 106. The Kier molecular flexibility index (Phi) is 47.9. The van der Waals surface area contributed by atoms with Gasteiger partial charge in [0, 0.05) is 68.6 Å². The molecule has 47 nitrogen and oxygen atoms in total. The van der Waals surface area contributed by atoms with E-state index >= 15 is 33.6 Å². The highest BCUT2D eigenvalue weighted by atomic mass is 33.1. The Morgan fingerprint density at radius 3 is 1.30 bits per heavy atom. The van der Waals surface area contributed by atoms with E-state index in [2.05, 4.69) is 101 Å². The molecule has 0 saturated carbocycles. The number of aromatic hydroxyl groups is 1. The van der Waals surface area contributed by atoms with Gasteiger partial charge in [-0.25, -0.2) is 0 Å². The summed E-state index contributed by atoms with van der Waals surface area (Å²) >= 11 is 0. The molecule has 2 aliphatic rings. The lowest BCUT2D eigenvalue weighted by Gasteiger charge is -2.30. The summed E-state index contributed by atoms with van der Waals surface area (Å²) in [7, 11) is 3.44. The molecule has 15 amide bonds. The van der Waals surface area contributed by atoms with Gasteiger partial charge in [-0.3, -0.25) is 99.0 Å². The molecule has 0 aliphatic carbocycles. The molecule has 2 aliphatic heterocycles.